The van der Waals surface area contributed by atoms with Crippen molar-refractivity contribution in [3.63, 3.8) is 0 Å². The van der Waals surface area contributed by atoms with E-state index in [-0.39, 0.29) is 43.8 Å². The quantitative estimate of drug-likeness (QED) is 0.677. The fourth-order valence-electron chi connectivity index (χ4n) is 3.59. The number of aromatic nitrogens is 2. The number of hydrogen-bond donors (Lipinski definition) is 3. The number of amides is 1. The predicted molar refractivity (Wildman–Crippen MR) is 87.7 cm³/mol. The lowest BCUT2D eigenvalue weighted by Crippen LogP contribution is -2.44. The summed E-state index contributed by atoms with van der Waals surface area (Å²) in [6.07, 6.45) is -1.02. The van der Waals surface area contributed by atoms with Gasteiger partial charge in [0.25, 0.3) is 0 Å². The van der Waals surface area contributed by atoms with Gasteiger partial charge in [0, 0.05) is 13.0 Å². The van der Waals surface area contributed by atoms with Crippen molar-refractivity contribution in [1.29, 1.82) is 0 Å². The highest BCUT2D eigenvalue weighted by molar-refractivity contribution is 5.78. The van der Waals surface area contributed by atoms with Gasteiger partial charge in [-0.3, -0.25) is 4.79 Å². The highest BCUT2D eigenvalue weighted by Crippen LogP contribution is 2.27. The lowest BCUT2D eigenvalue weighted by atomic mass is 10.1. The van der Waals surface area contributed by atoms with E-state index in [2.05, 4.69) is 10.3 Å². The zero-order chi connectivity index (χ0) is 17.4. The molecule has 2 aliphatic rings. The summed E-state index contributed by atoms with van der Waals surface area (Å²) < 4.78 is 12.9. The molecule has 1 amide bonds. The Bertz CT molecular complexity index is 777. The minimum atomic E-state index is -0.628. The molecule has 0 spiro atoms. The van der Waals surface area contributed by atoms with E-state index in [0.717, 1.165) is 11.0 Å². The number of para-hydroxylation sites is 2. The van der Waals surface area contributed by atoms with E-state index in [4.69, 9.17) is 9.47 Å². The molecule has 3 heterocycles. The minimum Gasteiger partial charge on any atom is -0.388 e. The van der Waals surface area contributed by atoms with E-state index in [1.807, 2.05) is 28.8 Å². The highest BCUT2D eigenvalue weighted by Gasteiger charge is 2.47. The summed E-state index contributed by atoms with van der Waals surface area (Å²) in [6, 6.07) is 7.35. The van der Waals surface area contributed by atoms with Crippen LogP contribution in [0, 0.1) is 0 Å². The Balaban J connectivity index is 1.40. The number of aliphatic hydroxyl groups excluding tert-OH is 2. The van der Waals surface area contributed by atoms with Crippen molar-refractivity contribution in [2.75, 3.05) is 13.2 Å². The van der Waals surface area contributed by atoms with Crippen molar-refractivity contribution in [2.45, 2.75) is 43.9 Å². The van der Waals surface area contributed by atoms with Crippen LogP contribution in [0.25, 0.3) is 11.0 Å². The van der Waals surface area contributed by atoms with Crippen LogP contribution in [0.4, 0.5) is 0 Å². The van der Waals surface area contributed by atoms with Crippen LogP contribution in [0.2, 0.25) is 0 Å². The number of hydrogen-bond acceptors (Lipinski definition) is 6. The van der Waals surface area contributed by atoms with Crippen molar-refractivity contribution in [2.24, 2.45) is 0 Å². The third kappa shape index (κ3) is 3.02. The van der Waals surface area contributed by atoms with Gasteiger partial charge in [0.1, 0.15) is 30.7 Å². The van der Waals surface area contributed by atoms with Gasteiger partial charge >= 0.3 is 0 Å². The van der Waals surface area contributed by atoms with Gasteiger partial charge in [0.2, 0.25) is 5.91 Å². The van der Waals surface area contributed by atoms with Gasteiger partial charge in [-0.2, -0.15) is 0 Å². The molecule has 8 heteroatoms. The zero-order valence-electron chi connectivity index (χ0n) is 13.7. The Morgan fingerprint density at radius 2 is 2.08 bits per heavy atom. The Morgan fingerprint density at radius 3 is 2.92 bits per heavy atom. The average Bonchev–Trinajstić information content (AvgIpc) is 3.28. The largest absolute Gasteiger partial charge is 0.388 e. The third-order valence-corrected chi connectivity index (χ3v) is 4.81. The molecule has 0 radical (unpaired) electrons. The van der Waals surface area contributed by atoms with Gasteiger partial charge in [0.15, 0.2) is 0 Å². The molecule has 2 fully saturated rings. The first-order valence-electron chi connectivity index (χ1n) is 8.43. The maximum Gasteiger partial charge on any atom is 0.222 e. The second-order valence-corrected chi connectivity index (χ2v) is 6.41. The summed E-state index contributed by atoms with van der Waals surface area (Å²) in [5.74, 6) is 0.418. The van der Waals surface area contributed by atoms with Crippen molar-refractivity contribution >= 4 is 16.9 Å². The summed E-state index contributed by atoms with van der Waals surface area (Å²) in [5, 5.41) is 22.2. The number of aliphatic hydroxyl groups is 2. The summed E-state index contributed by atoms with van der Waals surface area (Å²) in [5.41, 5.74) is 1.69. The van der Waals surface area contributed by atoms with Gasteiger partial charge in [-0.15, -0.1) is 0 Å². The molecule has 0 bridgehead atoms. The van der Waals surface area contributed by atoms with Crippen molar-refractivity contribution in [3.8, 4) is 0 Å². The Labute approximate surface area is 144 Å². The molecule has 25 heavy (non-hydrogen) atoms. The van der Waals surface area contributed by atoms with Crippen LogP contribution in [0.1, 0.15) is 12.2 Å². The van der Waals surface area contributed by atoms with Crippen LogP contribution in [0.15, 0.2) is 24.3 Å². The number of nitrogens with zero attached hydrogens (tertiary/aromatic N) is 2. The number of nitrogens with one attached hydrogen (secondary N) is 1. The number of carbonyl (C=O) groups excluding carboxylic acids is 1. The number of benzene rings is 1. The standard InChI is InChI=1S/C17H21N3O5/c21-7-14-18-10-3-1-2-4-12(10)20(14)6-5-15(23)19-11-8-24-17-13(22)9-25-16(11)17/h1-4,11,13,16-17,21-22H,5-9H2,(H,19,23)/t11-,13-,16-,17-/m1/s1. The Kier molecular flexibility index (Phi) is 4.43. The fourth-order valence-corrected chi connectivity index (χ4v) is 3.59. The second kappa shape index (κ2) is 6.72. The zero-order valence-corrected chi connectivity index (χ0v) is 13.7. The maximum atomic E-state index is 12.3. The molecular weight excluding hydrogens is 326 g/mol. The summed E-state index contributed by atoms with van der Waals surface area (Å²) >= 11 is 0. The first-order valence-corrected chi connectivity index (χ1v) is 8.43. The SMILES string of the molecule is O=C(CCn1c(CO)nc2ccccc21)N[C@@H]1CO[C@H]2[C@@H]1OC[C@H]2O. The lowest BCUT2D eigenvalue weighted by Gasteiger charge is -2.17. The lowest BCUT2D eigenvalue weighted by molar-refractivity contribution is -0.122. The van der Waals surface area contributed by atoms with Crippen molar-refractivity contribution in [1.82, 2.24) is 14.9 Å². The second-order valence-electron chi connectivity index (χ2n) is 6.41. The van der Waals surface area contributed by atoms with E-state index in [9.17, 15) is 15.0 Å². The van der Waals surface area contributed by atoms with Gasteiger partial charge in [0.05, 0.1) is 30.3 Å². The molecule has 8 nitrogen and oxygen atoms in total. The maximum absolute atomic E-state index is 12.3. The third-order valence-electron chi connectivity index (χ3n) is 4.81. The Hall–Kier alpha value is -2.00. The molecule has 0 saturated carbocycles. The van der Waals surface area contributed by atoms with Crippen LogP contribution >= 0.6 is 0 Å². The highest BCUT2D eigenvalue weighted by atomic mass is 16.6. The molecule has 4 rings (SSSR count). The van der Waals surface area contributed by atoms with Gasteiger partial charge < -0.3 is 29.6 Å². The van der Waals surface area contributed by atoms with Crippen molar-refractivity contribution in [3.05, 3.63) is 30.1 Å². The molecule has 2 aromatic rings. The van der Waals surface area contributed by atoms with Gasteiger partial charge in [-0.1, -0.05) is 12.1 Å². The van der Waals surface area contributed by atoms with Crippen LogP contribution in [-0.2, 0) is 27.4 Å². The molecule has 2 saturated heterocycles. The molecule has 1 aromatic carbocycles. The van der Waals surface area contributed by atoms with Gasteiger partial charge in [-0.25, -0.2) is 4.98 Å². The van der Waals surface area contributed by atoms with E-state index in [0.29, 0.717) is 19.0 Å². The van der Waals surface area contributed by atoms with Crippen molar-refractivity contribution < 1.29 is 24.5 Å². The van der Waals surface area contributed by atoms with Crippen LogP contribution in [-0.4, -0.2) is 63.2 Å². The summed E-state index contributed by atoms with van der Waals surface area (Å²) in [7, 11) is 0. The number of carbonyl (C=O) groups is 1. The topological polar surface area (TPSA) is 106 Å². The number of rotatable bonds is 5. The number of imidazole rings is 1. The first kappa shape index (κ1) is 16.5. The van der Waals surface area contributed by atoms with Crippen LogP contribution in [0.3, 0.4) is 0 Å². The Morgan fingerprint density at radius 1 is 1.28 bits per heavy atom. The fraction of sp³-hybridized carbons (Fsp3) is 0.529. The van der Waals surface area contributed by atoms with Gasteiger partial charge in [-0.05, 0) is 12.1 Å². The molecule has 2 aliphatic heterocycles. The normalized spacial score (nSPS) is 28.4. The number of fused-ring (bicyclic) bond motifs is 2. The molecule has 134 valence electrons. The van der Waals surface area contributed by atoms with E-state index in [1.165, 1.54) is 0 Å². The monoisotopic (exact) mass is 347 g/mol. The summed E-state index contributed by atoms with van der Waals surface area (Å²) in [6.45, 7) is 0.826. The molecular formula is C17H21N3O5. The molecule has 0 unspecified atom stereocenters. The average molecular weight is 347 g/mol. The molecule has 4 atom stereocenters. The summed E-state index contributed by atoms with van der Waals surface area (Å²) in [4.78, 5) is 16.7. The van der Waals surface area contributed by atoms with E-state index in [1.54, 1.807) is 0 Å². The molecule has 1 aromatic heterocycles. The minimum absolute atomic E-state index is 0.124. The smallest absolute Gasteiger partial charge is 0.222 e. The van der Waals surface area contributed by atoms with E-state index < -0.39 is 6.10 Å². The molecule has 3 N–H and O–H groups in total. The number of aryl methyl sites for hydroxylation is 1. The first-order chi connectivity index (χ1) is 12.2. The number of ether oxygens (including phenoxy) is 2. The van der Waals surface area contributed by atoms with Crippen LogP contribution in [0.5, 0.6) is 0 Å². The molecule has 0 aliphatic carbocycles. The predicted octanol–water partition coefficient (Wildman–Crippen LogP) is -0.438. The van der Waals surface area contributed by atoms with Crippen LogP contribution < -0.4 is 5.32 Å². The van der Waals surface area contributed by atoms with E-state index >= 15 is 0 Å².